The molecule has 0 atom stereocenters. The number of hydrogen-bond acceptors (Lipinski definition) is 3. The van der Waals surface area contributed by atoms with Crippen molar-refractivity contribution >= 4 is 42.8 Å². The maximum Gasteiger partial charge on any atom is 0.235 e. The molecule has 0 radical (unpaired) electrons. The van der Waals surface area contributed by atoms with Crippen LogP contribution in [-0.2, 0) is 0 Å². The van der Waals surface area contributed by atoms with Crippen LogP contribution in [0.4, 0.5) is 4.39 Å². The number of rotatable bonds is 2. The van der Waals surface area contributed by atoms with E-state index in [-0.39, 0.29) is 32.4 Å². The van der Waals surface area contributed by atoms with Gasteiger partial charge >= 0.3 is 0 Å². The second-order valence-corrected chi connectivity index (χ2v) is 6.33. The van der Waals surface area contributed by atoms with Gasteiger partial charge in [0.1, 0.15) is 11.4 Å². The minimum Gasteiger partial charge on any atom is -0.490 e. The molecule has 1 aromatic heterocycles. The van der Waals surface area contributed by atoms with Gasteiger partial charge in [0, 0.05) is 16.1 Å². The molecule has 0 saturated heterocycles. The van der Waals surface area contributed by atoms with Crippen LogP contribution in [0, 0.1) is 5.82 Å². The Morgan fingerprint density at radius 2 is 1.82 bits per heavy atom. The van der Waals surface area contributed by atoms with E-state index in [9.17, 15) is 9.18 Å². The molecule has 0 aliphatic carbocycles. The molecule has 0 saturated carbocycles. The molecule has 0 N–H and O–H groups in total. The molecule has 3 rings (SSSR count). The normalized spacial score (nSPS) is 10.9. The molecule has 0 bridgehead atoms. The van der Waals surface area contributed by atoms with E-state index in [1.54, 1.807) is 12.1 Å². The highest BCUT2D eigenvalue weighted by Crippen LogP contribution is 2.32. The van der Waals surface area contributed by atoms with Gasteiger partial charge in [-0.1, -0.05) is 15.9 Å². The Bertz CT molecular complexity index is 917. The van der Waals surface area contributed by atoms with Crippen LogP contribution in [0.1, 0.15) is 0 Å². The quantitative estimate of drug-likeness (QED) is 0.568. The van der Waals surface area contributed by atoms with Gasteiger partial charge in [0.2, 0.25) is 11.2 Å². The first-order valence-electron chi connectivity index (χ1n) is 6.27. The summed E-state index contributed by atoms with van der Waals surface area (Å²) in [6.45, 7) is 0. The highest BCUT2D eigenvalue weighted by atomic mass is 79.9. The van der Waals surface area contributed by atoms with E-state index in [1.807, 2.05) is 12.1 Å². The number of benzene rings is 2. The van der Waals surface area contributed by atoms with Crippen molar-refractivity contribution in [1.29, 1.82) is 0 Å². The first-order valence-corrected chi connectivity index (χ1v) is 7.85. The van der Waals surface area contributed by atoms with E-state index in [2.05, 4.69) is 31.9 Å². The Kier molecular flexibility index (Phi) is 4.06. The van der Waals surface area contributed by atoms with Crippen molar-refractivity contribution in [2.75, 3.05) is 7.11 Å². The van der Waals surface area contributed by atoms with Gasteiger partial charge in [-0.15, -0.1) is 0 Å². The molecule has 0 amide bonds. The van der Waals surface area contributed by atoms with Gasteiger partial charge in [0.25, 0.3) is 0 Å². The molecular weight excluding hydrogens is 419 g/mol. The van der Waals surface area contributed by atoms with Crippen molar-refractivity contribution in [3.63, 3.8) is 0 Å². The molecule has 1 heterocycles. The highest BCUT2D eigenvalue weighted by Gasteiger charge is 2.18. The molecule has 112 valence electrons. The number of methoxy groups -OCH3 is 1. The average Bonchev–Trinajstić information content (AvgIpc) is 2.50. The topological polar surface area (TPSA) is 39.4 Å². The number of halogens is 3. The third-order valence-corrected chi connectivity index (χ3v) is 4.34. The van der Waals surface area contributed by atoms with Gasteiger partial charge < -0.3 is 9.15 Å². The molecule has 0 spiro atoms. The molecule has 22 heavy (non-hydrogen) atoms. The van der Waals surface area contributed by atoms with Crippen LogP contribution >= 0.6 is 31.9 Å². The van der Waals surface area contributed by atoms with Crippen LogP contribution in [0.25, 0.3) is 22.3 Å². The Labute approximate surface area is 142 Å². The van der Waals surface area contributed by atoms with Crippen LogP contribution in [0.2, 0.25) is 0 Å². The Balaban J connectivity index is 2.37. The molecule has 0 fully saturated rings. The van der Waals surface area contributed by atoms with Crippen molar-refractivity contribution in [1.82, 2.24) is 0 Å². The van der Waals surface area contributed by atoms with Crippen LogP contribution in [0.5, 0.6) is 5.75 Å². The fourth-order valence-electron chi connectivity index (χ4n) is 2.15. The lowest BCUT2D eigenvalue weighted by Crippen LogP contribution is -2.08. The Morgan fingerprint density at radius 1 is 1.14 bits per heavy atom. The van der Waals surface area contributed by atoms with Crippen LogP contribution in [-0.4, -0.2) is 7.11 Å². The summed E-state index contributed by atoms with van der Waals surface area (Å²) in [5.41, 5.74) is 0.495. The molecule has 6 heteroatoms. The fraction of sp³-hybridized carbons (Fsp3) is 0.0625. The Hall–Kier alpha value is -1.66. The van der Waals surface area contributed by atoms with Crippen molar-refractivity contribution in [2.24, 2.45) is 0 Å². The van der Waals surface area contributed by atoms with Crippen LogP contribution in [0.3, 0.4) is 0 Å². The smallest absolute Gasteiger partial charge is 0.235 e. The molecule has 0 aliphatic heterocycles. The van der Waals surface area contributed by atoms with Gasteiger partial charge in [0.05, 0.1) is 17.0 Å². The predicted molar refractivity (Wildman–Crippen MR) is 89.8 cm³/mol. The maximum absolute atomic E-state index is 13.7. The largest absolute Gasteiger partial charge is 0.490 e. The van der Waals surface area contributed by atoms with E-state index >= 15 is 0 Å². The van der Waals surface area contributed by atoms with E-state index in [4.69, 9.17) is 9.15 Å². The lowest BCUT2D eigenvalue weighted by atomic mass is 10.1. The molecule has 0 aliphatic rings. The van der Waals surface area contributed by atoms with E-state index in [0.717, 1.165) is 4.47 Å². The summed E-state index contributed by atoms with van der Waals surface area (Å²) in [7, 11) is 1.40. The van der Waals surface area contributed by atoms with E-state index in [0.29, 0.717) is 5.56 Å². The highest BCUT2D eigenvalue weighted by molar-refractivity contribution is 9.10. The van der Waals surface area contributed by atoms with Crippen molar-refractivity contribution in [3.8, 4) is 17.1 Å². The fourth-order valence-corrected chi connectivity index (χ4v) is 2.76. The summed E-state index contributed by atoms with van der Waals surface area (Å²) >= 11 is 6.41. The third kappa shape index (κ3) is 2.57. The Morgan fingerprint density at radius 3 is 2.45 bits per heavy atom. The lowest BCUT2D eigenvalue weighted by molar-refractivity contribution is 0.398. The first kappa shape index (κ1) is 15.2. The van der Waals surface area contributed by atoms with Gasteiger partial charge in [0.15, 0.2) is 5.76 Å². The summed E-state index contributed by atoms with van der Waals surface area (Å²) in [5.74, 6) is -0.134. The van der Waals surface area contributed by atoms with Crippen LogP contribution < -0.4 is 10.2 Å². The third-order valence-electron chi connectivity index (χ3n) is 3.20. The van der Waals surface area contributed by atoms with E-state index < -0.39 is 5.82 Å². The standard InChI is InChI=1S/C16H9Br2FO3/c1-21-16-14(20)10-6-11(18)12(19)7-13(10)22-15(16)8-2-4-9(17)5-3-8/h2-7H,1H3. The monoisotopic (exact) mass is 426 g/mol. The number of ether oxygens (including phenoxy) is 1. The zero-order valence-electron chi connectivity index (χ0n) is 11.3. The van der Waals surface area contributed by atoms with Crippen molar-refractivity contribution < 1.29 is 13.5 Å². The SMILES string of the molecule is COc1c(-c2ccc(Br)cc2)oc2cc(F)c(Br)cc2c1=O. The van der Waals surface area contributed by atoms with Gasteiger partial charge in [-0.25, -0.2) is 4.39 Å². The summed E-state index contributed by atoms with van der Waals surface area (Å²) in [6.07, 6.45) is 0. The van der Waals surface area contributed by atoms with E-state index in [1.165, 1.54) is 19.2 Å². The van der Waals surface area contributed by atoms with Crippen molar-refractivity contribution in [2.45, 2.75) is 0 Å². The average molecular weight is 428 g/mol. The minimum absolute atomic E-state index is 0.0910. The zero-order valence-corrected chi connectivity index (χ0v) is 14.5. The molecule has 3 nitrogen and oxygen atoms in total. The van der Waals surface area contributed by atoms with Gasteiger partial charge in [-0.05, 0) is 46.3 Å². The second-order valence-electron chi connectivity index (χ2n) is 4.56. The van der Waals surface area contributed by atoms with Gasteiger partial charge in [-0.3, -0.25) is 4.79 Å². The molecule has 2 aromatic carbocycles. The molecule has 3 aromatic rings. The predicted octanol–water partition coefficient (Wildman–Crippen LogP) is 5.13. The maximum atomic E-state index is 13.7. The summed E-state index contributed by atoms with van der Waals surface area (Å²) in [4.78, 5) is 12.5. The molecule has 0 unspecified atom stereocenters. The van der Waals surface area contributed by atoms with Gasteiger partial charge in [-0.2, -0.15) is 0 Å². The first-order chi connectivity index (χ1) is 10.5. The number of hydrogen-bond donors (Lipinski definition) is 0. The second kappa shape index (κ2) is 5.85. The lowest BCUT2D eigenvalue weighted by Gasteiger charge is -2.09. The van der Waals surface area contributed by atoms with Crippen molar-refractivity contribution in [3.05, 3.63) is 61.4 Å². The van der Waals surface area contributed by atoms with Crippen LogP contribution in [0.15, 0.2) is 54.6 Å². The molecular formula is C16H9Br2FO3. The number of fused-ring (bicyclic) bond motifs is 1. The summed E-state index contributed by atoms with van der Waals surface area (Å²) in [6, 6.07) is 9.78. The minimum atomic E-state index is -0.498. The summed E-state index contributed by atoms with van der Waals surface area (Å²) < 4.78 is 25.7. The zero-order chi connectivity index (χ0) is 15.9. The summed E-state index contributed by atoms with van der Waals surface area (Å²) in [5, 5.41) is 0.256.